The molecule has 1 unspecified atom stereocenters. The van der Waals surface area contributed by atoms with Gasteiger partial charge in [0.15, 0.2) is 5.17 Å². The van der Waals surface area contributed by atoms with E-state index in [1.807, 2.05) is 11.8 Å². The van der Waals surface area contributed by atoms with Gasteiger partial charge in [-0.15, -0.1) is 0 Å². The number of hydrogen-bond donors (Lipinski definition) is 1. The van der Waals surface area contributed by atoms with Crippen LogP contribution < -0.4 is 5.32 Å². The Morgan fingerprint density at radius 1 is 1.26 bits per heavy atom. The largest absolute Gasteiger partial charge is 0.335 e. The summed E-state index contributed by atoms with van der Waals surface area (Å²) in [7, 11) is 0. The summed E-state index contributed by atoms with van der Waals surface area (Å²) in [6.07, 6.45) is 6.55. The van der Waals surface area contributed by atoms with E-state index >= 15 is 0 Å². The van der Waals surface area contributed by atoms with Crippen molar-refractivity contribution >= 4 is 22.6 Å². The Morgan fingerprint density at radius 2 is 2.05 bits per heavy atom. The maximum atomic E-state index is 4.61. The highest BCUT2D eigenvalue weighted by Gasteiger charge is 2.35. The maximum absolute atomic E-state index is 4.61. The van der Waals surface area contributed by atoms with Crippen molar-refractivity contribution in [2.75, 3.05) is 11.9 Å². The smallest absolute Gasteiger partial charge is 0.161 e. The lowest BCUT2D eigenvalue weighted by atomic mass is 10.1. The molecule has 1 N–H and O–H groups in total. The summed E-state index contributed by atoms with van der Waals surface area (Å²) in [5.41, 5.74) is 2.60. The predicted molar refractivity (Wildman–Crippen MR) is 85.1 cm³/mol. The van der Waals surface area contributed by atoms with Crippen molar-refractivity contribution in [1.82, 2.24) is 0 Å². The Morgan fingerprint density at radius 3 is 2.74 bits per heavy atom. The van der Waals surface area contributed by atoms with Crippen LogP contribution in [0.15, 0.2) is 29.3 Å². The standard InChI is InChI=1S/C16H22N2S/c1-2-3-4-12-5-9-14(10-6-12)18-16-17-11-15(19-16)13-7-8-13/h5-6,9-10,13,15H,2-4,7-8,11H2,1H3,(H,17,18). The minimum atomic E-state index is 0.742. The molecular formula is C16H22N2S. The van der Waals surface area contributed by atoms with E-state index in [0.717, 1.165) is 22.9 Å². The molecule has 2 aliphatic rings. The first-order valence-corrected chi connectivity index (χ1v) is 8.30. The molecule has 0 saturated heterocycles. The van der Waals surface area contributed by atoms with Crippen molar-refractivity contribution in [3.63, 3.8) is 0 Å². The van der Waals surface area contributed by atoms with Gasteiger partial charge in [0.25, 0.3) is 0 Å². The average Bonchev–Trinajstić information content (AvgIpc) is 3.19. The molecule has 0 bridgehead atoms. The van der Waals surface area contributed by atoms with E-state index in [4.69, 9.17) is 0 Å². The number of unbranched alkanes of at least 4 members (excludes halogenated alkanes) is 1. The number of benzene rings is 1. The van der Waals surface area contributed by atoms with Gasteiger partial charge in [0.1, 0.15) is 0 Å². The highest BCUT2D eigenvalue weighted by molar-refractivity contribution is 8.15. The molecule has 1 atom stereocenters. The SMILES string of the molecule is CCCCc1ccc(NC2=NCC(C3CC3)S2)cc1. The van der Waals surface area contributed by atoms with Crippen LogP contribution in [0.25, 0.3) is 0 Å². The van der Waals surface area contributed by atoms with Crippen molar-refractivity contribution in [2.24, 2.45) is 10.9 Å². The van der Waals surface area contributed by atoms with E-state index in [1.54, 1.807) is 0 Å². The molecule has 1 fully saturated rings. The summed E-state index contributed by atoms with van der Waals surface area (Å²) in [5.74, 6) is 0.935. The second-order valence-electron chi connectivity index (χ2n) is 5.57. The number of rotatable bonds is 5. The molecular weight excluding hydrogens is 252 g/mol. The number of aliphatic imine (C=N–C) groups is 1. The quantitative estimate of drug-likeness (QED) is 0.864. The predicted octanol–water partition coefficient (Wildman–Crippen LogP) is 4.32. The molecule has 2 nitrogen and oxygen atoms in total. The second kappa shape index (κ2) is 6.00. The Balaban J connectivity index is 1.52. The fraction of sp³-hybridized carbons (Fsp3) is 0.562. The first-order valence-electron chi connectivity index (χ1n) is 7.42. The van der Waals surface area contributed by atoms with Crippen LogP contribution in [0.3, 0.4) is 0 Å². The summed E-state index contributed by atoms with van der Waals surface area (Å²) >= 11 is 1.93. The molecule has 3 heteroatoms. The van der Waals surface area contributed by atoms with Crippen molar-refractivity contribution < 1.29 is 0 Å². The number of thioether (sulfide) groups is 1. The van der Waals surface area contributed by atoms with Crippen LogP contribution in [0.4, 0.5) is 5.69 Å². The number of hydrogen-bond acceptors (Lipinski definition) is 3. The summed E-state index contributed by atoms with van der Waals surface area (Å²) in [6.45, 7) is 3.24. The van der Waals surface area contributed by atoms with Crippen molar-refractivity contribution in [2.45, 2.75) is 44.3 Å². The van der Waals surface area contributed by atoms with Gasteiger partial charge >= 0.3 is 0 Å². The zero-order valence-electron chi connectivity index (χ0n) is 11.6. The van der Waals surface area contributed by atoms with Crippen LogP contribution in [0, 0.1) is 5.92 Å². The normalized spacial score (nSPS) is 22.4. The average molecular weight is 274 g/mol. The number of nitrogens with one attached hydrogen (secondary N) is 1. The molecule has 0 radical (unpaired) electrons. The van der Waals surface area contributed by atoms with Crippen molar-refractivity contribution in [1.29, 1.82) is 0 Å². The minimum Gasteiger partial charge on any atom is -0.335 e. The summed E-state index contributed by atoms with van der Waals surface area (Å²) in [5, 5.41) is 5.30. The molecule has 1 heterocycles. The van der Waals surface area contributed by atoms with Crippen LogP contribution >= 0.6 is 11.8 Å². The van der Waals surface area contributed by atoms with Crippen molar-refractivity contribution in [3.05, 3.63) is 29.8 Å². The van der Waals surface area contributed by atoms with Gasteiger partial charge in [-0.05, 0) is 49.3 Å². The van der Waals surface area contributed by atoms with Gasteiger partial charge in [-0.2, -0.15) is 0 Å². The summed E-state index contributed by atoms with van der Waals surface area (Å²) in [4.78, 5) is 4.61. The summed E-state index contributed by atoms with van der Waals surface area (Å²) < 4.78 is 0. The van der Waals surface area contributed by atoms with Crippen LogP contribution in [-0.2, 0) is 6.42 Å². The number of anilines is 1. The third-order valence-electron chi connectivity index (χ3n) is 3.85. The fourth-order valence-electron chi connectivity index (χ4n) is 2.43. The molecule has 3 rings (SSSR count). The van der Waals surface area contributed by atoms with Gasteiger partial charge < -0.3 is 5.32 Å². The first kappa shape index (κ1) is 13.0. The Hall–Kier alpha value is -0.960. The highest BCUT2D eigenvalue weighted by atomic mass is 32.2. The van der Waals surface area contributed by atoms with E-state index in [2.05, 4.69) is 41.5 Å². The zero-order valence-corrected chi connectivity index (χ0v) is 12.4. The van der Waals surface area contributed by atoms with E-state index in [0.29, 0.717) is 0 Å². The zero-order chi connectivity index (χ0) is 13.1. The molecule has 1 aromatic rings. The minimum absolute atomic E-state index is 0.742. The van der Waals surface area contributed by atoms with Gasteiger partial charge in [-0.25, -0.2) is 0 Å². The molecule has 1 aliphatic carbocycles. The fourth-order valence-corrected chi connectivity index (χ4v) is 3.66. The third-order valence-corrected chi connectivity index (χ3v) is 5.14. The topological polar surface area (TPSA) is 24.4 Å². The Bertz CT molecular complexity index is 448. The number of aryl methyl sites for hydroxylation is 1. The molecule has 1 saturated carbocycles. The van der Waals surface area contributed by atoms with Crippen LogP contribution in [0.1, 0.15) is 38.2 Å². The summed E-state index contributed by atoms with van der Waals surface area (Å²) in [6, 6.07) is 8.82. The molecule has 1 aliphatic heterocycles. The Labute approximate surface area is 120 Å². The van der Waals surface area contributed by atoms with E-state index in [1.165, 1.54) is 43.4 Å². The van der Waals surface area contributed by atoms with Crippen molar-refractivity contribution in [3.8, 4) is 0 Å². The molecule has 102 valence electrons. The van der Waals surface area contributed by atoms with Gasteiger partial charge in [-0.3, -0.25) is 4.99 Å². The van der Waals surface area contributed by atoms with Gasteiger partial charge in [0, 0.05) is 10.9 Å². The van der Waals surface area contributed by atoms with E-state index < -0.39 is 0 Å². The number of amidine groups is 1. The molecule has 0 amide bonds. The van der Waals surface area contributed by atoms with E-state index in [-0.39, 0.29) is 0 Å². The molecule has 0 spiro atoms. The lowest BCUT2D eigenvalue weighted by molar-refractivity contribution is 0.773. The lowest BCUT2D eigenvalue weighted by Gasteiger charge is -2.08. The highest BCUT2D eigenvalue weighted by Crippen LogP contribution is 2.41. The number of nitrogens with zero attached hydrogens (tertiary/aromatic N) is 1. The van der Waals surface area contributed by atoms with Crippen LogP contribution in [-0.4, -0.2) is 17.0 Å². The first-order chi connectivity index (χ1) is 9.35. The van der Waals surface area contributed by atoms with Crippen LogP contribution in [0.5, 0.6) is 0 Å². The van der Waals surface area contributed by atoms with E-state index in [9.17, 15) is 0 Å². The monoisotopic (exact) mass is 274 g/mol. The third kappa shape index (κ3) is 3.53. The van der Waals surface area contributed by atoms with Crippen LogP contribution in [0.2, 0.25) is 0 Å². The Kier molecular flexibility index (Phi) is 4.12. The maximum Gasteiger partial charge on any atom is 0.161 e. The molecule has 19 heavy (non-hydrogen) atoms. The van der Waals surface area contributed by atoms with Gasteiger partial charge in [0.2, 0.25) is 0 Å². The molecule has 0 aromatic heterocycles. The van der Waals surface area contributed by atoms with Gasteiger partial charge in [-0.1, -0.05) is 37.2 Å². The van der Waals surface area contributed by atoms with Gasteiger partial charge in [0.05, 0.1) is 6.54 Å². The molecule has 1 aromatic carbocycles. The second-order valence-corrected chi connectivity index (χ2v) is 6.79. The lowest BCUT2D eigenvalue weighted by Crippen LogP contribution is -2.08.